The van der Waals surface area contributed by atoms with Gasteiger partial charge in [-0.3, -0.25) is 0 Å². The van der Waals surface area contributed by atoms with E-state index < -0.39 is 18.4 Å². The van der Waals surface area contributed by atoms with Gasteiger partial charge in [0.2, 0.25) is 0 Å². The van der Waals surface area contributed by atoms with Gasteiger partial charge in [-0.25, -0.2) is 0 Å². The molecule has 0 N–H and O–H groups in total. The van der Waals surface area contributed by atoms with Gasteiger partial charge in [-0.05, 0) is 0 Å². The van der Waals surface area contributed by atoms with Crippen LogP contribution in [0.4, 0.5) is 0 Å². The van der Waals surface area contributed by atoms with Gasteiger partial charge in [-0.15, -0.1) is 0 Å². The Morgan fingerprint density at radius 1 is 0.960 bits per heavy atom. The Hall–Kier alpha value is -0.311. The summed E-state index contributed by atoms with van der Waals surface area (Å²) >= 11 is -2.04. The van der Waals surface area contributed by atoms with Gasteiger partial charge < -0.3 is 0 Å². The summed E-state index contributed by atoms with van der Waals surface area (Å²) in [4.78, 5) is 4.40. The van der Waals surface area contributed by atoms with E-state index in [1.54, 1.807) is 13.3 Å². The van der Waals surface area contributed by atoms with Gasteiger partial charge in [0.15, 0.2) is 0 Å². The van der Waals surface area contributed by atoms with Crippen molar-refractivity contribution in [1.29, 1.82) is 0 Å². The van der Waals surface area contributed by atoms with Crippen LogP contribution in [0.5, 0.6) is 0 Å². The molecule has 142 valence electrons. The molecule has 0 saturated carbocycles. The number of unbranched alkanes of at least 4 members (excludes halogenated alkanes) is 4. The summed E-state index contributed by atoms with van der Waals surface area (Å²) in [6.45, 7) is 7.91. The third-order valence-electron chi connectivity index (χ3n) is 5.31. The Kier molecular flexibility index (Phi) is 13.5. The maximum atomic E-state index is 4.40. The molecule has 0 spiro atoms. The first-order chi connectivity index (χ1) is 12.3. The van der Waals surface area contributed by atoms with E-state index in [2.05, 4.69) is 60.4 Å². The molecule has 2 heteroatoms. The standard InChI is InChI=1S/C11H14N.3C4H9.Sn/c1-2-3-4-7-11-8-5-6-9-12-10-11;3*1-3-4-2;/h1-2,5-6,8,10H,3-4,7,9H2;3*1,3-4H2,2H3;. The van der Waals surface area contributed by atoms with Crippen molar-refractivity contribution in [2.24, 2.45) is 4.99 Å². The van der Waals surface area contributed by atoms with E-state index in [1.807, 2.05) is 0 Å². The van der Waals surface area contributed by atoms with Crippen LogP contribution in [0, 0.1) is 0 Å². The van der Waals surface area contributed by atoms with E-state index >= 15 is 0 Å². The van der Waals surface area contributed by atoms with E-state index in [4.69, 9.17) is 0 Å². The molecule has 0 atom stereocenters. The van der Waals surface area contributed by atoms with Crippen molar-refractivity contribution in [1.82, 2.24) is 0 Å². The molecule has 1 aliphatic heterocycles. The summed E-state index contributed by atoms with van der Waals surface area (Å²) in [5.74, 6) is 0. The molecule has 0 aromatic heterocycles. The Morgan fingerprint density at radius 2 is 1.60 bits per heavy atom. The minimum absolute atomic E-state index is 0.836. The summed E-state index contributed by atoms with van der Waals surface area (Å²) < 4.78 is 7.59. The summed E-state index contributed by atoms with van der Waals surface area (Å²) in [6.07, 6.45) is 23.3. The van der Waals surface area contributed by atoms with Crippen LogP contribution in [0.25, 0.3) is 0 Å². The zero-order valence-electron chi connectivity index (χ0n) is 17.1. The second kappa shape index (κ2) is 14.8. The molecule has 0 aromatic rings. The molecule has 0 amide bonds. The molecule has 1 aliphatic rings. The molecular formula is C23H41NSn. The Morgan fingerprint density at radius 3 is 2.20 bits per heavy atom. The summed E-state index contributed by atoms with van der Waals surface area (Å²) in [5.41, 5.74) is 1.39. The third kappa shape index (κ3) is 10.4. The summed E-state index contributed by atoms with van der Waals surface area (Å²) in [7, 11) is 0. The Labute approximate surface area is 161 Å². The van der Waals surface area contributed by atoms with Crippen molar-refractivity contribution in [2.45, 2.75) is 91.9 Å². The fraction of sp³-hybridized carbons (Fsp3) is 0.696. The number of hydrogen-bond donors (Lipinski definition) is 0. The summed E-state index contributed by atoms with van der Waals surface area (Å²) in [5, 5.41) is 0. The topological polar surface area (TPSA) is 12.4 Å². The van der Waals surface area contributed by atoms with Crippen molar-refractivity contribution in [3.05, 3.63) is 34.0 Å². The molecule has 0 aliphatic carbocycles. The number of nitrogens with zero attached hydrogens (tertiary/aromatic N) is 1. The number of rotatable bonds is 14. The molecule has 1 nitrogen and oxygen atoms in total. The van der Waals surface area contributed by atoms with E-state index in [0.29, 0.717) is 0 Å². The minimum atomic E-state index is -2.04. The first kappa shape index (κ1) is 22.7. The molecular weight excluding hydrogens is 409 g/mol. The number of hydrogen-bond acceptors (Lipinski definition) is 1. The van der Waals surface area contributed by atoms with Crippen LogP contribution < -0.4 is 0 Å². The molecule has 0 radical (unpaired) electrons. The predicted octanol–water partition coefficient (Wildman–Crippen LogP) is 7.67. The average Bonchev–Trinajstić information content (AvgIpc) is 2.91. The van der Waals surface area contributed by atoms with Gasteiger partial charge in [-0.1, -0.05) is 0 Å². The summed E-state index contributed by atoms with van der Waals surface area (Å²) in [6, 6.07) is 0. The van der Waals surface area contributed by atoms with Crippen molar-refractivity contribution >= 4 is 24.6 Å². The predicted molar refractivity (Wildman–Crippen MR) is 118 cm³/mol. The van der Waals surface area contributed by atoms with E-state index in [9.17, 15) is 0 Å². The molecule has 0 fully saturated rings. The monoisotopic (exact) mass is 451 g/mol. The van der Waals surface area contributed by atoms with Crippen LogP contribution in [0.1, 0.15) is 78.6 Å². The fourth-order valence-corrected chi connectivity index (χ4v) is 18.2. The Balaban J connectivity index is 2.55. The van der Waals surface area contributed by atoms with Gasteiger partial charge in [0.1, 0.15) is 0 Å². The molecule has 1 heterocycles. The molecule has 25 heavy (non-hydrogen) atoms. The van der Waals surface area contributed by atoms with E-state index in [-0.39, 0.29) is 0 Å². The van der Waals surface area contributed by atoms with Gasteiger partial charge in [-0.2, -0.15) is 0 Å². The van der Waals surface area contributed by atoms with Gasteiger partial charge in [0, 0.05) is 0 Å². The maximum absolute atomic E-state index is 4.40. The quantitative estimate of drug-likeness (QED) is 0.190. The molecule has 0 bridgehead atoms. The Bertz CT molecular complexity index is 423. The van der Waals surface area contributed by atoms with Crippen molar-refractivity contribution in [3.63, 3.8) is 0 Å². The molecule has 0 unspecified atom stereocenters. The van der Waals surface area contributed by atoms with Gasteiger partial charge in [0.25, 0.3) is 0 Å². The van der Waals surface area contributed by atoms with Crippen LogP contribution in [0.2, 0.25) is 13.3 Å². The number of aliphatic imine (C=N–C) groups is 1. The van der Waals surface area contributed by atoms with Crippen LogP contribution in [0.15, 0.2) is 39.0 Å². The second-order valence-corrected chi connectivity index (χ2v) is 20.6. The zero-order chi connectivity index (χ0) is 18.2. The zero-order valence-corrected chi connectivity index (χ0v) is 20.0. The van der Waals surface area contributed by atoms with Gasteiger partial charge in [0.05, 0.1) is 0 Å². The molecule has 0 saturated heterocycles. The first-order valence-electron chi connectivity index (χ1n) is 10.8. The second-order valence-electron chi connectivity index (χ2n) is 7.63. The van der Waals surface area contributed by atoms with Crippen LogP contribution >= 0.6 is 0 Å². The van der Waals surface area contributed by atoms with Crippen LogP contribution in [0.3, 0.4) is 0 Å². The van der Waals surface area contributed by atoms with Crippen LogP contribution in [-0.4, -0.2) is 31.1 Å². The van der Waals surface area contributed by atoms with E-state index in [1.165, 1.54) is 63.4 Å². The van der Waals surface area contributed by atoms with Crippen molar-refractivity contribution < 1.29 is 0 Å². The average molecular weight is 450 g/mol. The molecule has 1 rings (SSSR count). The molecule has 0 aromatic carbocycles. The first-order valence-corrected chi connectivity index (χ1v) is 18.5. The number of allylic oxidation sites excluding steroid dienone is 4. The van der Waals surface area contributed by atoms with E-state index in [0.717, 1.165) is 6.54 Å². The fourth-order valence-electron chi connectivity index (χ4n) is 3.64. The van der Waals surface area contributed by atoms with Crippen molar-refractivity contribution in [2.75, 3.05) is 6.54 Å². The normalized spacial score (nSPS) is 14.9. The SMILES string of the molecule is CCC[CH2][Sn](/[CH]=C/CCCC1=CC=CCN=C1)([CH2]CCC)[CH2]CCC. The third-order valence-corrected chi connectivity index (χ3v) is 19.6. The van der Waals surface area contributed by atoms with Crippen LogP contribution in [-0.2, 0) is 0 Å². The van der Waals surface area contributed by atoms with Crippen molar-refractivity contribution in [3.8, 4) is 0 Å². The van der Waals surface area contributed by atoms with Gasteiger partial charge >= 0.3 is 162 Å².